The van der Waals surface area contributed by atoms with Crippen LogP contribution >= 0.6 is 0 Å². The molecule has 0 bridgehead atoms. The molecule has 0 aromatic heterocycles. The molecule has 0 spiro atoms. The fraction of sp³-hybridized carbons (Fsp3) is 0.423. The molecule has 0 amide bonds. The SMILES string of the molecule is CC(=O)c1ccc2c(c1)C1=C(CCC2)CCC(CCc2ccc(F)cc2)CC1. The summed E-state index contributed by atoms with van der Waals surface area (Å²) in [5, 5.41) is 0. The fourth-order valence-electron chi connectivity index (χ4n) is 4.90. The largest absolute Gasteiger partial charge is 0.295 e. The smallest absolute Gasteiger partial charge is 0.159 e. The molecule has 0 radical (unpaired) electrons. The summed E-state index contributed by atoms with van der Waals surface area (Å²) >= 11 is 0. The summed E-state index contributed by atoms with van der Waals surface area (Å²) in [4.78, 5) is 11.9. The van der Waals surface area contributed by atoms with Crippen molar-refractivity contribution < 1.29 is 9.18 Å². The van der Waals surface area contributed by atoms with Crippen molar-refractivity contribution in [2.24, 2.45) is 5.92 Å². The molecule has 0 aliphatic heterocycles. The van der Waals surface area contributed by atoms with Gasteiger partial charge < -0.3 is 0 Å². The normalized spacial score (nSPS) is 19.4. The molecule has 0 N–H and O–H groups in total. The molecule has 0 saturated carbocycles. The van der Waals surface area contributed by atoms with Crippen molar-refractivity contribution >= 4 is 11.4 Å². The Morgan fingerprint density at radius 2 is 1.79 bits per heavy atom. The lowest BCUT2D eigenvalue weighted by atomic mass is 9.89. The summed E-state index contributed by atoms with van der Waals surface area (Å²) < 4.78 is 13.1. The number of carbonyl (C=O) groups is 1. The van der Waals surface area contributed by atoms with Crippen molar-refractivity contribution in [2.45, 2.75) is 64.7 Å². The zero-order valence-electron chi connectivity index (χ0n) is 16.8. The lowest BCUT2D eigenvalue weighted by Crippen LogP contribution is -2.02. The van der Waals surface area contributed by atoms with E-state index in [1.165, 1.54) is 60.8 Å². The standard InChI is InChI=1S/C26H29FO/c1-18(28)23-13-12-22-4-2-3-21-11-7-19(10-16-25(21)26(22)17-23)5-6-20-8-14-24(27)15-9-20/h8-9,12-15,17,19H,2-7,10-11,16H2,1H3. The van der Waals surface area contributed by atoms with Crippen LogP contribution in [0.3, 0.4) is 0 Å². The number of fused-ring (bicyclic) bond motifs is 2. The summed E-state index contributed by atoms with van der Waals surface area (Å²) in [6.07, 6.45) is 10.5. The Balaban J connectivity index is 1.49. The van der Waals surface area contributed by atoms with E-state index in [1.807, 2.05) is 18.2 Å². The number of hydrogen-bond donors (Lipinski definition) is 0. The van der Waals surface area contributed by atoms with Crippen molar-refractivity contribution in [1.82, 2.24) is 0 Å². The van der Waals surface area contributed by atoms with Gasteiger partial charge in [0, 0.05) is 5.56 Å². The third-order valence-electron chi connectivity index (χ3n) is 6.60. The summed E-state index contributed by atoms with van der Waals surface area (Å²) in [5.74, 6) is 0.714. The molecule has 28 heavy (non-hydrogen) atoms. The van der Waals surface area contributed by atoms with Gasteiger partial charge in [-0.3, -0.25) is 4.79 Å². The number of allylic oxidation sites excluding steroid dienone is 2. The Bertz CT molecular complexity index is 891. The van der Waals surface area contributed by atoms with Crippen LogP contribution in [0.4, 0.5) is 4.39 Å². The zero-order valence-corrected chi connectivity index (χ0v) is 16.8. The van der Waals surface area contributed by atoms with Crippen molar-refractivity contribution in [1.29, 1.82) is 0 Å². The zero-order chi connectivity index (χ0) is 19.5. The van der Waals surface area contributed by atoms with E-state index in [1.54, 1.807) is 24.6 Å². The maximum Gasteiger partial charge on any atom is 0.159 e. The lowest BCUT2D eigenvalue weighted by Gasteiger charge is -2.16. The average molecular weight is 377 g/mol. The molecule has 2 heteroatoms. The van der Waals surface area contributed by atoms with E-state index in [0.29, 0.717) is 0 Å². The summed E-state index contributed by atoms with van der Waals surface area (Å²) in [5.41, 5.74) is 7.99. The van der Waals surface area contributed by atoms with Gasteiger partial charge in [-0.2, -0.15) is 0 Å². The molecule has 1 nitrogen and oxygen atoms in total. The van der Waals surface area contributed by atoms with E-state index in [0.717, 1.165) is 30.7 Å². The van der Waals surface area contributed by atoms with Crippen LogP contribution in [0.15, 0.2) is 48.0 Å². The van der Waals surface area contributed by atoms with Gasteiger partial charge in [0.1, 0.15) is 5.82 Å². The Hall–Kier alpha value is -2.22. The highest BCUT2D eigenvalue weighted by atomic mass is 19.1. The topological polar surface area (TPSA) is 17.1 Å². The lowest BCUT2D eigenvalue weighted by molar-refractivity contribution is 0.101. The third kappa shape index (κ3) is 4.27. The maximum atomic E-state index is 13.1. The molecule has 2 aliphatic carbocycles. The number of benzene rings is 2. The minimum atomic E-state index is -0.158. The Morgan fingerprint density at radius 1 is 1.00 bits per heavy atom. The molecular weight excluding hydrogens is 347 g/mol. The quantitative estimate of drug-likeness (QED) is 0.528. The number of carbonyl (C=O) groups excluding carboxylic acids is 1. The van der Waals surface area contributed by atoms with Crippen LogP contribution in [0, 0.1) is 11.7 Å². The van der Waals surface area contributed by atoms with Gasteiger partial charge in [0.2, 0.25) is 0 Å². The predicted octanol–water partition coefficient (Wildman–Crippen LogP) is 6.94. The van der Waals surface area contributed by atoms with E-state index < -0.39 is 0 Å². The second-order valence-electron chi connectivity index (χ2n) is 8.47. The van der Waals surface area contributed by atoms with E-state index in [2.05, 4.69) is 12.1 Å². The van der Waals surface area contributed by atoms with Crippen molar-refractivity contribution in [3.63, 3.8) is 0 Å². The summed E-state index contributed by atoms with van der Waals surface area (Å²) in [6, 6.07) is 13.3. The number of halogens is 1. The van der Waals surface area contributed by atoms with Gasteiger partial charge in [0.05, 0.1) is 0 Å². The molecule has 1 unspecified atom stereocenters. The van der Waals surface area contributed by atoms with Crippen LogP contribution in [0.25, 0.3) is 5.57 Å². The molecule has 1 atom stereocenters. The van der Waals surface area contributed by atoms with Crippen LogP contribution in [0.1, 0.15) is 78.9 Å². The van der Waals surface area contributed by atoms with Crippen molar-refractivity contribution in [2.75, 3.05) is 0 Å². The highest BCUT2D eigenvalue weighted by Gasteiger charge is 2.23. The minimum Gasteiger partial charge on any atom is -0.295 e. The number of Topliss-reactive ketones (excluding diaryl/α,β-unsaturated/α-hetero) is 1. The van der Waals surface area contributed by atoms with Gasteiger partial charge in [-0.25, -0.2) is 4.39 Å². The first-order valence-corrected chi connectivity index (χ1v) is 10.7. The second kappa shape index (κ2) is 8.43. The molecule has 146 valence electrons. The van der Waals surface area contributed by atoms with Gasteiger partial charge in [0.25, 0.3) is 0 Å². The summed E-state index contributed by atoms with van der Waals surface area (Å²) in [6.45, 7) is 1.66. The van der Waals surface area contributed by atoms with Gasteiger partial charge >= 0.3 is 0 Å². The van der Waals surface area contributed by atoms with E-state index in [4.69, 9.17) is 0 Å². The number of ketones is 1. The molecular formula is C26H29FO. The van der Waals surface area contributed by atoms with Gasteiger partial charge in [0.15, 0.2) is 5.78 Å². The molecule has 4 rings (SSSR count). The van der Waals surface area contributed by atoms with Crippen molar-refractivity contribution in [3.8, 4) is 0 Å². The fourth-order valence-corrected chi connectivity index (χ4v) is 4.90. The van der Waals surface area contributed by atoms with Crippen molar-refractivity contribution in [3.05, 3.63) is 76.1 Å². The minimum absolute atomic E-state index is 0.153. The highest BCUT2D eigenvalue weighted by Crippen LogP contribution is 2.41. The molecule has 2 aromatic rings. The van der Waals surface area contributed by atoms with Crippen LogP contribution < -0.4 is 0 Å². The first kappa shape index (κ1) is 19.1. The van der Waals surface area contributed by atoms with E-state index in [9.17, 15) is 9.18 Å². The maximum absolute atomic E-state index is 13.1. The Labute approximate surface area is 167 Å². The van der Waals surface area contributed by atoms with Crippen LogP contribution in [-0.2, 0) is 12.8 Å². The van der Waals surface area contributed by atoms with Gasteiger partial charge in [-0.15, -0.1) is 0 Å². The first-order valence-electron chi connectivity index (χ1n) is 10.7. The Morgan fingerprint density at radius 3 is 2.57 bits per heavy atom. The summed E-state index contributed by atoms with van der Waals surface area (Å²) in [7, 11) is 0. The van der Waals surface area contributed by atoms with E-state index in [-0.39, 0.29) is 11.6 Å². The van der Waals surface area contributed by atoms with Crippen LogP contribution in [0.5, 0.6) is 0 Å². The van der Waals surface area contributed by atoms with Gasteiger partial charge in [-0.1, -0.05) is 29.8 Å². The highest BCUT2D eigenvalue weighted by molar-refractivity contribution is 5.95. The van der Waals surface area contributed by atoms with Crippen LogP contribution in [0.2, 0.25) is 0 Å². The molecule has 2 aliphatic rings. The molecule has 0 saturated heterocycles. The Kier molecular flexibility index (Phi) is 5.75. The predicted molar refractivity (Wildman–Crippen MR) is 113 cm³/mol. The first-order chi connectivity index (χ1) is 13.6. The molecule has 0 heterocycles. The molecule has 2 aromatic carbocycles. The second-order valence-corrected chi connectivity index (χ2v) is 8.47. The van der Waals surface area contributed by atoms with Crippen LogP contribution in [-0.4, -0.2) is 5.78 Å². The third-order valence-corrected chi connectivity index (χ3v) is 6.60. The number of aryl methyl sites for hydroxylation is 2. The monoisotopic (exact) mass is 376 g/mol. The number of rotatable bonds is 4. The average Bonchev–Trinajstić information content (AvgIpc) is 3.00. The number of hydrogen-bond acceptors (Lipinski definition) is 1. The molecule has 0 fully saturated rings. The van der Waals surface area contributed by atoms with Gasteiger partial charge in [-0.05, 0) is 111 Å². The van der Waals surface area contributed by atoms with E-state index >= 15 is 0 Å².